The number of para-hydroxylation sites is 1. The Morgan fingerprint density at radius 2 is 1.83 bits per heavy atom. The molecule has 2 N–H and O–H groups in total. The summed E-state index contributed by atoms with van der Waals surface area (Å²) < 4.78 is 0. The van der Waals surface area contributed by atoms with E-state index in [1.165, 1.54) is 6.92 Å². The summed E-state index contributed by atoms with van der Waals surface area (Å²) in [7, 11) is 0. The van der Waals surface area contributed by atoms with E-state index in [0.29, 0.717) is 5.69 Å². The van der Waals surface area contributed by atoms with Gasteiger partial charge in [0.05, 0.1) is 11.7 Å². The Kier molecular flexibility index (Phi) is 3.12. The average molecular weight is 247 g/mol. The highest BCUT2D eigenvalue weighted by Crippen LogP contribution is 2.23. The van der Waals surface area contributed by atoms with Crippen LogP contribution in [-0.4, -0.2) is 28.8 Å². The summed E-state index contributed by atoms with van der Waals surface area (Å²) in [5, 5.41) is 1.90. The van der Waals surface area contributed by atoms with E-state index in [-0.39, 0.29) is 6.42 Å². The van der Waals surface area contributed by atoms with Crippen LogP contribution in [0.1, 0.15) is 13.3 Å². The third-order valence-corrected chi connectivity index (χ3v) is 2.57. The molecule has 0 radical (unpaired) electrons. The van der Waals surface area contributed by atoms with Crippen molar-refractivity contribution in [3.8, 4) is 0 Å². The van der Waals surface area contributed by atoms with Crippen molar-refractivity contribution in [2.24, 2.45) is 5.73 Å². The Balaban J connectivity index is 2.40. The highest BCUT2D eigenvalue weighted by Gasteiger charge is 2.41. The van der Waals surface area contributed by atoms with Crippen LogP contribution in [0.5, 0.6) is 0 Å². The van der Waals surface area contributed by atoms with Crippen LogP contribution in [0.25, 0.3) is 0 Å². The average Bonchev–Trinajstić information content (AvgIpc) is 2.64. The van der Waals surface area contributed by atoms with Gasteiger partial charge in [0.15, 0.2) is 0 Å². The first-order chi connectivity index (χ1) is 8.52. The lowest BCUT2D eigenvalue weighted by atomic mass is 10.3. The first kappa shape index (κ1) is 12.3. The zero-order valence-electron chi connectivity index (χ0n) is 9.87. The lowest BCUT2D eigenvalue weighted by Crippen LogP contribution is -2.51. The van der Waals surface area contributed by atoms with Crippen LogP contribution in [0.3, 0.4) is 0 Å². The lowest BCUT2D eigenvalue weighted by Gasteiger charge is -2.27. The molecule has 6 heteroatoms. The summed E-state index contributed by atoms with van der Waals surface area (Å²) in [6.07, 6.45) is -0.312. The molecule has 1 aromatic carbocycles. The van der Waals surface area contributed by atoms with Crippen LogP contribution in [-0.2, 0) is 14.4 Å². The van der Waals surface area contributed by atoms with Gasteiger partial charge in [-0.2, -0.15) is 5.01 Å². The van der Waals surface area contributed by atoms with E-state index in [9.17, 15) is 14.4 Å². The number of nitrogens with zero attached hydrogens (tertiary/aromatic N) is 2. The molecule has 94 valence electrons. The van der Waals surface area contributed by atoms with E-state index in [4.69, 9.17) is 5.73 Å². The van der Waals surface area contributed by atoms with Crippen LogP contribution in [0, 0.1) is 0 Å². The topological polar surface area (TPSA) is 83.7 Å². The number of hydrogen-bond acceptors (Lipinski definition) is 4. The second-order valence-electron chi connectivity index (χ2n) is 4.05. The third-order valence-electron chi connectivity index (χ3n) is 2.57. The number of nitrogens with two attached hydrogens (primary N) is 1. The van der Waals surface area contributed by atoms with Crippen LogP contribution >= 0.6 is 0 Å². The molecule has 1 aliphatic rings. The fraction of sp³-hybridized carbons (Fsp3) is 0.250. The number of rotatable bonds is 2. The van der Waals surface area contributed by atoms with Gasteiger partial charge in [0.2, 0.25) is 0 Å². The fourth-order valence-electron chi connectivity index (χ4n) is 1.75. The quantitative estimate of drug-likeness (QED) is 0.748. The van der Waals surface area contributed by atoms with Crippen LogP contribution < -0.4 is 10.7 Å². The number of benzene rings is 1. The van der Waals surface area contributed by atoms with Gasteiger partial charge in [0.25, 0.3) is 17.7 Å². The minimum absolute atomic E-state index is 0.312. The number of hydrogen-bond donors (Lipinski definition) is 1. The van der Waals surface area contributed by atoms with Crippen molar-refractivity contribution in [3.63, 3.8) is 0 Å². The van der Waals surface area contributed by atoms with Crippen molar-refractivity contribution in [2.75, 3.05) is 5.01 Å². The minimum atomic E-state index is -0.842. The summed E-state index contributed by atoms with van der Waals surface area (Å²) >= 11 is 0. The summed E-state index contributed by atoms with van der Waals surface area (Å²) in [6, 6.07) is 7.69. The summed E-state index contributed by atoms with van der Waals surface area (Å²) in [5.41, 5.74) is 5.96. The molecule has 0 spiro atoms. The molecule has 1 aliphatic heterocycles. The van der Waals surface area contributed by atoms with E-state index >= 15 is 0 Å². The minimum Gasteiger partial charge on any atom is -0.320 e. The molecular weight excluding hydrogens is 234 g/mol. The zero-order chi connectivity index (χ0) is 13.3. The van der Waals surface area contributed by atoms with Gasteiger partial charge >= 0.3 is 0 Å². The number of imide groups is 1. The van der Waals surface area contributed by atoms with E-state index in [2.05, 4.69) is 0 Å². The molecule has 1 saturated heterocycles. The largest absolute Gasteiger partial charge is 0.320 e. The molecule has 1 heterocycles. The summed E-state index contributed by atoms with van der Waals surface area (Å²) in [4.78, 5) is 35.4. The fourth-order valence-corrected chi connectivity index (χ4v) is 1.75. The van der Waals surface area contributed by atoms with Crippen molar-refractivity contribution in [1.29, 1.82) is 0 Å². The van der Waals surface area contributed by atoms with Crippen molar-refractivity contribution in [3.05, 3.63) is 30.3 Å². The predicted octanol–water partition coefficient (Wildman–Crippen LogP) is 0.0407. The Morgan fingerprint density at radius 1 is 1.22 bits per heavy atom. The molecule has 0 saturated carbocycles. The number of carbonyl (C=O) groups is 3. The van der Waals surface area contributed by atoms with Gasteiger partial charge in [-0.3, -0.25) is 14.4 Å². The molecule has 0 aromatic heterocycles. The van der Waals surface area contributed by atoms with Gasteiger partial charge in [-0.1, -0.05) is 18.2 Å². The van der Waals surface area contributed by atoms with Crippen LogP contribution in [0.15, 0.2) is 30.3 Å². The van der Waals surface area contributed by atoms with Gasteiger partial charge < -0.3 is 5.73 Å². The molecule has 1 unspecified atom stereocenters. The molecular formula is C12H13N3O3. The molecule has 3 amide bonds. The van der Waals surface area contributed by atoms with Gasteiger partial charge in [-0.25, -0.2) is 5.01 Å². The van der Waals surface area contributed by atoms with Gasteiger partial charge in [0, 0.05) is 0 Å². The second kappa shape index (κ2) is 4.58. The molecule has 2 rings (SSSR count). The Morgan fingerprint density at radius 3 is 2.39 bits per heavy atom. The molecule has 1 aromatic rings. The Bertz CT molecular complexity index is 499. The summed E-state index contributed by atoms with van der Waals surface area (Å²) in [6.45, 7) is 1.47. The first-order valence-electron chi connectivity index (χ1n) is 5.52. The van der Waals surface area contributed by atoms with Crippen molar-refractivity contribution >= 4 is 23.4 Å². The van der Waals surface area contributed by atoms with E-state index in [0.717, 1.165) is 10.0 Å². The van der Waals surface area contributed by atoms with Crippen molar-refractivity contribution in [2.45, 2.75) is 19.4 Å². The van der Waals surface area contributed by atoms with Gasteiger partial charge in [0.1, 0.15) is 6.42 Å². The van der Waals surface area contributed by atoms with Crippen LogP contribution in [0.4, 0.5) is 5.69 Å². The van der Waals surface area contributed by atoms with Gasteiger partial charge in [-0.15, -0.1) is 0 Å². The SMILES string of the molecule is CC(N)C(=O)N1C(=O)CC(=O)N1c1ccccc1. The Hall–Kier alpha value is -2.21. The third kappa shape index (κ3) is 1.98. The van der Waals surface area contributed by atoms with Crippen LogP contribution in [0.2, 0.25) is 0 Å². The molecule has 1 fully saturated rings. The number of hydrazine groups is 1. The summed E-state index contributed by atoms with van der Waals surface area (Å²) in [5.74, 6) is -1.57. The normalized spacial score (nSPS) is 17.2. The van der Waals surface area contributed by atoms with E-state index in [1.54, 1.807) is 30.3 Å². The number of carbonyl (C=O) groups excluding carboxylic acids is 3. The molecule has 6 nitrogen and oxygen atoms in total. The monoisotopic (exact) mass is 247 g/mol. The molecule has 0 aliphatic carbocycles. The smallest absolute Gasteiger partial charge is 0.265 e. The van der Waals surface area contributed by atoms with E-state index in [1.807, 2.05) is 0 Å². The number of anilines is 1. The van der Waals surface area contributed by atoms with Crippen molar-refractivity contribution in [1.82, 2.24) is 5.01 Å². The highest BCUT2D eigenvalue weighted by molar-refractivity contribution is 6.18. The lowest BCUT2D eigenvalue weighted by molar-refractivity contribution is -0.143. The molecule has 0 bridgehead atoms. The molecule has 18 heavy (non-hydrogen) atoms. The maximum atomic E-state index is 11.9. The highest BCUT2D eigenvalue weighted by atomic mass is 16.2. The Labute approximate surface area is 104 Å². The van der Waals surface area contributed by atoms with Gasteiger partial charge in [-0.05, 0) is 19.1 Å². The van der Waals surface area contributed by atoms with E-state index < -0.39 is 23.8 Å². The second-order valence-corrected chi connectivity index (χ2v) is 4.05. The number of amides is 3. The standard InChI is InChI=1S/C12H13N3O3/c1-8(13)12(18)15-11(17)7-10(16)14(15)9-5-3-2-4-6-9/h2-6,8H,7,13H2,1H3. The maximum Gasteiger partial charge on any atom is 0.265 e. The molecule has 1 atom stereocenters. The first-order valence-corrected chi connectivity index (χ1v) is 5.52. The zero-order valence-corrected chi connectivity index (χ0v) is 9.87. The maximum absolute atomic E-state index is 11.9. The predicted molar refractivity (Wildman–Crippen MR) is 64.0 cm³/mol. The van der Waals surface area contributed by atoms with Crippen molar-refractivity contribution < 1.29 is 14.4 Å².